The number of rotatable bonds is 4. The van der Waals surface area contributed by atoms with Gasteiger partial charge >= 0.3 is 0 Å². The van der Waals surface area contributed by atoms with Crippen molar-refractivity contribution in [2.45, 2.75) is 45.4 Å². The molecule has 7 heteroatoms. The second kappa shape index (κ2) is 9.61. The maximum atomic E-state index is 13.1. The molecule has 2 aliphatic rings. The minimum Gasteiger partial charge on any atom is -0.355 e. The van der Waals surface area contributed by atoms with Crippen LogP contribution >= 0.6 is 0 Å². The molecule has 1 saturated heterocycles. The topological polar surface area (TPSA) is 75.9 Å². The number of hydrogen-bond donors (Lipinski definition) is 1. The van der Waals surface area contributed by atoms with E-state index in [-0.39, 0.29) is 5.91 Å². The molecule has 1 aliphatic carbocycles. The van der Waals surface area contributed by atoms with Crippen molar-refractivity contribution in [3.05, 3.63) is 66.7 Å². The number of fused-ring (bicyclic) bond motifs is 1. The van der Waals surface area contributed by atoms with Crippen molar-refractivity contribution in [3.63, 3.8) is 0 Å². The summed E-state index contributed by atoms with van der Waals surface area (Å²) in [6.07, 6.45) is 15.4. The number of carbonyl (C=O) groups excluding carboxylic acids is 1. The smallest absolute Gasteiger partial charge is 0.257 e. The molecule has 4 aromatic rings. The zero-order valence-electron chi connectivity index (χ0n) is 21.7. The predicted molar refractivity (Wildman–Crippen MR) is 148 cm³/mol. The van der Waals surface area contributed by atoms with Crippen molar-refractivity contribution >= 4 is 28.3 Å². The van der Waals surface area contributed by atoms with Gasteiger partial charge in [-0.3, -0.25) is 9.48 Å². The molecule has 1 aliphatic heterocycles. The minimum atomic E-state index is -0.172. The Labute approximate surface area is 217 Å². The molecular formula is C30H34N6O. The fourth-order valence-electron chi connectivity index (χ4n) is 5.94. The lowest BCUT2D eigenvalue weighted by Gasteiger charge is -2.52. The molecule has 37 heavy (non-hydrogen) atoms. The van der Waals surface area contributed by atoms with Crippen LogP contribution in [-0.2, 0) is 7.05 Å². The van der Waals surface area contributed by atoms with Gasteiger partial charge in [-0.2, -0.15) is 5.10 Å². The summed E-state index contributed by atoms with van der Waals surface area (Å²) in [6.45, 7) is 4.48. The van der Waals surface area contributed by atoms with Crippen LogP contribution in [0.5, 0.6) is 0 Å². The van der Waals surface area contributed by atoms with E-state index in [2.05, 4.69) is 44.3 Å². The third-order valence-corrected chi connectivity index (χ3v) is 8.21. The largest absolute Gasteiger partial charge is 0.355 e. The summed E-state index contributed by atoms with van der Waals surface area (Å²) in [4.78, 5) is 24.5. The van der Waals surface area contributed by atoms with E-state index < -0.39 is 0 Å². The summed E-state index contributed by atoms with van der Waals surface area (Å²) in [5.41, 5.74) is 3.16. The number of benzene rings is 1. The minimum absolute atomic E-state index is 0.172. The van der Waals surface area contributed by atoms with Crippen molar-refractivity contribution in [1.82, 2.24) is 19.7 Å². The molecule has 7 nitrogen and oxygen atoms in total. The summed E-state index contributed by atoms with van der Waals surface area (Å²) in [6, 6.07) is 11.8. The second-order valence-corrected chi connectivity index (χ2v) is 11.1. The summed E-state index contributed by atoms with van der Waals surface area (Å²) < 4.78 is 1.79. The Morgan fingerprint density at radius 1 is 0.973 bits per heavy atom. The van der Waals surface area contributed by atoms with Gasteiger partial charge in [0.1, 0.15) is 11.6 Å². The number of anilines is 2. The van der Waals surface area contributed by atoms with Crippen LogP contribution in [0, 0.1) is 11.3 Å². The van der Waals surface area contributed by atoms with Crippen molar-refractivity contribution in [1.29, 1.82) is 0 Å². The normalized spacial score (nSPS) is 19.3. The first kappa shape index (κ1) is 23.6. The van der Waals surface area contributed by atoms with E-state index in [1.54, 1.807) is 23.1 Å². The van der Waals surface area contributed by atoms with Gasteiger partial charge in [-0.05, 0) is 54.0 Å². The zero-order valence-corrected chi connectivity index (χ0v) is 21.7. The summed E-state index contributed by atoms with van der Waals surface area (Å²) in [7, 11) is 1.91. The molecule has 6 rings (SSSR count). The number of amides is 1. The Hall–Kier alpha value is -3.74. The highest BCUT2D eigenvalue weighted by atomic mass is 16.1. The summed E-state index contributed by atoms with van der Waals surface area (Å²) in [5, 5.41) is 9.28. The van der Waals surface area contributed by atoms with Crippen molar-refractivity contribution in [2.24, 2.45) is 18.4 Å². The van der Waals surface area contributed by atoms with Crippen LogP contribution in [0.1, 0.15) is 55.8 Å². The van der Waals surface area contributed by atoms with Crippen LogP contribution in [0.3, 0.4) is 0 Å². The van der Waals surface area contributed by atoms with E-state index in [1.165, 1.54) is 38.5 Å². The number of pyridine rings is 2. The van der Waals surface area contributed by atoms with Gasteiger partial charge in [-0.25, -0.2) is 9.97 Å². The second-order valence-electron chi connectivity index (χ2n) is 11.1. The Kier molecular flexibility index (Phi) is 6.14. The Morgan fingerprint density at radius 3 is 2.70 bits per heavy atom. The third-order valence-electron chi connectivity index (χ3n) is 8.21. The van der Waals surface area contributed by atoms with E-state index >= 15 is 0 Å². The molecule has 4 heterocycles. The molecule has 1 unspecified atom stereocenters. The molecule has 0 radical (unpaired) electrons. The number of nitrogens with one attached hydrogen (secondary N) is 1. The Bertz CT molecular complexity index is 1440. The van der Waals surface area contributed by atoms with Gasteiger partial charge in [-0.15, -0.1) is 0 Å². The lowest BCUT2D eigenvalue weighted by atomic mass is 9.69. The van der Waals surface area contributed by atoms with E-state index in [4.69, 9.17) is 0 Å². The summed E-state index contributed by atoms with van der Waals surface area (Å²) >= 11 is 0. The van der Waals surface area contributed by atoms with E-state index in [0.717, 1.165) is 46.7 Å². The van der Waals surface area contributed by atoms with Crippen LogP contribution < -0.4 is 10.2 Å². The molecule has 190 valence electrons. The van der Waals surface area contributed by atoms with Crippen LogP contribution in [0.25, 0.3) is 21.9 Å². The lowest BCUT2D eigenvalue weighted by Crippen LogP contribution is -2.57. The van der Waals surface area contributed by atoms with Gasteiger partial charge < -0.3 is 10.2 Å². The van der Waals surface area contributed by atoms with Gasteiger partial charge in [0.05, 0.1) is 6.20 Å². The Morgan fingerprint density at radius 2 is 1.86 bits per heavy atom. The van der Waals surface area contributed by atoms with Gasteiger partial charge in [-0.1, -0.05) is 44.7 Å². The number of aromatic nitrogens is 4. The third kappa shape index (κ3) is 4.95. The van der Waals surface area contributed by atoms with Crippen molar-refractivity contribution in [2.75, 3.05) is 23.3 Å². The van der Waals surface area contributed by atoms with Gasteiger partial charge in [0.15, 0.2) is 0 Å². The van der Waals surface area contributed by atoms with Crippen LogP contribution in [-0.4, -0.2) is 38.7 Å². The van der Waals surface area contributed by atoms with E-state index in [9.17, 15) is 4.79 Å². The highest BCUT2D eigenvalue weighted by molar-refractivity contribution is 6.05. The highest BCUT2D eigenvalue weighted by Gasteiger charge is 2.43. The number of carbonyl (C=O) groups is 1. The van der Waals surface area contributed by atoms with Crippen molar-refractivity contribution in [3.8, 4) is 11.1 Å². The van der Waals surface area contributed by atoms with Crippen molar-refractivity contribution < 1.29 is 4.79 Å². The molecule has 3 aromatic heterocycles. The first-order valence-corrected chi connectivity index (χ1v) is 13.4. The molecule has 1 N–H and O–H groups in total. The highest BCUT2D eigenvalue weighted by Crippen LogP contribution is 2.44. The van der Waals surface area contributed by atoms with E-state index in [0.29, 0.717) is 16.8 Å². The maximum absolute atomic E-state index is 13.1. The number of aryl methyl sites for hydroxylation is 1. The summed E-state index contributed by atoms with van der Waals surface area (Å²) in [5.74, 6) is 2.09. The van der Waals surface area contributed by atoms with E-state index in [1.807, 2.05) is 37.6 Å². The van der Waals surface area contributed by atoms with Crippen LogP contribution in [0.15, 0.2) is 61.2 Å². The fourth-order valence-corrected chi connectivity index (χ4v) is 5.94. The standard InChI is InChI=1S/C30H34N6O/c1-21-5-3-4-10-30(11-8-21)19-36(20-30)28-15-23(9-12-31-28)29(37)34-27-14-25-13-22(6-7-24(25)16-32-27)26-17-33-35(2)18-26/h6-7,9,12-18,21H,3-5,8,10-11,19-20H2,1-2H3,(H,32,34,37). The number of hydrogen-bond acceptors (Lipinski definition) is 5. The average molecular weight is 495 g/mol. The molecule has 0 bridgehead atoms. The maximum Gasteiger partial charge on any atom is 0.257 e. The van der Waals surface area contributed by atoms with Gasteiger partial charge in [0, 0.05) is 60.7 Å². The lowest BCUT2D eigenvalue weighted by molar-refractivity contribution is 0.102. The zero-order chi connectivity index (χ0) is 25.4. The molecule has 1 amide bonds. The Balaban J connectivity index is 1.15. The van der Waals surface area contributed by atoms with Crippen LogP contribution in [0.2, 0.25) is 0 Å². The van der Waals surface area contributed by atoms with Gasteiger partial charge in [0.2, 0.25) is 0 Å². The molecule has 1 spiro atoms. The molecule has 2 fully saturated rings. The number of nitrogens with zero attached hydrogens (tertiary/aromatic N) is 5. The molecule has 1 atom stereocenters. The first-order valence-electron chi connectivity index (χ1n) is 13.4. The fraction of sp³-hybridized carbons (Fsp3) is 0.400. The average Bonchev–Trinajstić information content (AvgIpc) is 3.31. The quantitative estimate of drug-likeness (QED) is 0.372. The van der Waals surface area contributed by atoms with Crippen LogP contribution in [0.4, 0.5) is 11.6 Å². The monoisotopic (exact) mass is 494 g/mol. The first-order chi connectivity index (χ1) is 18.0. The molecular weight excluding hydrogens is 460 g/mol. The molecule has 1 aromatic carbocycles. The van der Waals surface area contributed by atoms with Gasteiger partial charge in [0.25, 0.3) is 5.91 Å². The molecule has 1 saturated carbocycles. The predicted octanol–water partition coefficient (Wildman–Crippen LogP) is 6.08. The SMILES string of the molecule is CC1CCCCC2(CC1)CN(c1cc(C(=O)Nc3cc4cc(-c5cnn(C)c5)ccc4cn3)ccn1)C2.